The van der Waals surface area contributed by atoms with Gasteiger partial charge in [-0.05, 0) is 57.1 Å². The number of amides is 1. The molecule has 2 heterocycles. The van der Waals surface area contributed by atoms with Gasteiger partial charge in [0, 0.05) is 19.4 Å². The van der Waals surface area contributed by atoms with Gasteiger partial charge < -0.3 is 19.0 Å². The van der Waals surface area contributed by atoms with E-state index in [1.807, 2.05) is 14.0 Å². The highest BCUT2D eigenvalue weighted by atomic mass is 19.1. The van der Waals surface area contributed by atoms with Crippen molar-refractivity contribution in [2.75, 3.05) is 26.7 Å². The van der Waals surface area contributed by atoms with E-state index in [1.54, 1.807) is 19.1 Å². The summed E-state index contributed by atoms with van der Waals surface area (Å²) >= 11 is 0. The summed E-state index contributed by atoms with van der Waals surface area (Å²) in [5, 5.41) is 0. The highest BCUT2D eigenvalue weighted by Crippen LogP contribution is 2.26. The molecule has 6 nitrogen and oxygen atoms in total. The maximum atomic E-state index is 15.2. The van der Waals surface area contributed by atoms with E-state index in [4.69, 9.17) is 9.15 Å². The molecule has 1 aliphatic rings. The Balaban J connectivity index is 1.73. The monoisotopic (exact) mass is 449 g/mol. The van der Waals surface area contributed by atoms with Gasteiger partial charge in [0.2, 0.25) is 0 Å². The number of oxazole rings is 1. The molecule has 1 atom stereocenters. The fourth-order valence-corrected chi connectivity index (χ4v) is 3.89. The molecule has 0 aliphatic carbocycles. The molecule has 2 aromatic rings. The SMILES string of the molecule is CCCCOc1ccc(CN(Cc2coc(C)n2)C(=O)C(F)C2CCN(C)CC2)cc1F. The number of halogens is 2. The number of carbonyl (C=O) groups excluding carboxylic acids is 1. The smallest absolute Gasteiger partial charge is 0.258 e. The van der Waals surface area contributed by atoms with Crippen molar-refractivity contribution in [2.45, 2.75) is 58.8 Å². The molecule has 0 radical (unpaired) electrons. The summed E-state index contributed by atoms with van der Waals surface area (Å²) in [4.78, 5) is 20.9. The molecular formula is C24H33F2N3O3. The largest absolute Gasteiger partial charge is 0.491 e. The number of unbranched alkanes of at least 4 members (excludes halogenated alkanes) is 1. The molecule has 1 saturated heterocycles. The topological polar surface area (TPSA) is 58.8 Å². The van der Waals surface area contributed by atoms with Crippen molar-refractivity contribution >= 4 is 5.91 Å². The molecule has 176 valence electrons. The first kappa shape index (κ1) is 24.2. The van der Waals surface area contributed by atoms with Crippen molar-refractivity contribution in [3.63, 3.8) is 0 Å². The summed E-state index contributed by atoms with van der Waals surface area (Å²) in [7, 11) is 1.99. The second kappa shape index (κ2) is 11.4. The van der Waals surface area contributed by atoms with Gasteiger partial charge in [0.15, 0.2) is 23.6 Å². The average Bonchev–Trinajstić information content (AvgIpc) is 3.19. The second-order valence-electron chi connectivity index (χ2n) is 8.56. The Hall–Kier alpha value is -2.48. The van der Waals surface area contributed by atoms with Crippen LogP contribution in [0.25, 0.3) is 0 Å². The lowest BCUT2D eigenvalue weighted by Gasteiger charge is -2.32. The van der Waals surface area contributed by atoms with Crippen LogP contribution in [-0.2, 0) is 17.9 Å². The van der Waals surface area contributed by atoms with E-state index in [0.717, 1.165) is 25.9 Å². The van der Waals surface area contributed by atoms with Crippen LogP contribution in [0.15, 0.2) is 28.9 Å². The number of carbonyl (C=O) groups is 1. The van der Waals surface area contributed by atoms with Crippen LogP contribution < -0.4 is 4.74 Å². The first-order valence-corrected chi connectivity index (χ1v) is 11.3. The Morgan fingerprint density at radius 2 is 2.09 bits per heavy atom. The summed E-state index contributed by atoms with van der Waals surface area (Å²) < 4.78 is 40.5. The number of piperidine rings is 1. The average molecular weight is 450 g/mol. The van der Waals surface area contributed by atoms with Gasteiger partial charge in [0.05, 0.1) is 18.8 Å². The van der Waals surface area contributed by atoms with E-state index in [9.17, 15) is 9.18 Å². The minimum absolute atomic E-state index is 0.0734. The molecule has 0 spiro atoms. The third kappa shape index (κ3) is 6.51. The van der Waals surface area contributed by atoms with Gasteiger partial charge >= 0.3 is 0 Å². The summed E-state index contributed by atoms with van der Waals surface area (Å²) in [6, 6.07) is 4.62. The molecule has 1 unspecified atom stereocenters. The zero-order valence-electron chi connectivity index (χ0n) is 19.2. The zero-order chi connectivity index (χ0) is 23.1. The molecule has 32 heavy (non-hydrogen) atoms. The van der Waals surface area contributed by atoms with E-state index in [-0.39, 0.29) is 24.8 Å². The normalized spacial score (nSPS) is 16.2. The molecule has 0 saturated carbocycles. The molecule has 0 bridgehead atoms. The van der Waals surface area contributed by atoms with Crippen LogP contribution in [0.3, 0.4) is 0 Å². The fraction of sp³-hybridized carbons (Fsp3) is 0.583. The quantitative estimate of drug-likeness (QED) is 0.500. The lowest BCUT2D eigenvalue weighted by Crippen LogP contribution is -2.43. The third-order valence-electron chi connectivity index (χ3n) is 5.87. The predicted octanol–water partition coefficient (Wildman–Crippen LogP) is 4.51. The zero-order valence-corrected chi connectivity index (χ0v) is 19.2. The lowest BCUT2D eigenvalue weighted by atomic mass is 9.91. The standard InChI is InChI=1S/C24H33F2N3O3/c1-4-5-12-31-22-7-6-18(13-21(22)25)14-29(15-20-16-32-17(2)27-20)24(30)23(26)19-8-10-28(3)11-9-19/h6-7,13,16,19,23H,4-5,8-12,14-15H2,1-3H3. The van der Waals surface area contributed by atoms with Crippen LogP contribution in [-0.4, -0.2) is 53.6 Å². The molecule has 1 aromatic heterocycles. The highest BCUT2D eigenvalue weighted by molar-refractivity contribution is 5.81. The van der Waals surface area contributed by atoms with Gasteiger partial charge in [-0.25, -0.2) is 13.8 Å². The number of aryl methyl sites for hydroxylation is 1. The second-order valence-corrected chi connectivity index (χ2v) is 8.56. The Kier molecular flexibility index (Phi) is 8.61. The van der Waals surface area contributed by atoms with E-state index in [1.165, 1.54) is 17.2 Å². The van der Waals surface area contributed by atoms with Gasteiger partial charge in [-0.1, -0.05) is 19.4 Å². The van der Waals surface area contributed by atoms with Crippen LogP contribution in [0.5, 0.6) is 5.75 Å². The number of rotatable bonds is 10. The Bertz CT molecular complexity index is 881. The highest BCUT2D eigenvalue weighted by Gasteiger charge is 2.34. The maximum absolute atomic E-state index is 15.2. The molecule has 3 rings (SSSR count). The molecule has 1 aromatic carbocycles. The lowest BCUT2D eigenvalue weighted by molar-refractivity contribution is -0.140. The van der Waals surface area contributed by atoms with Crippen molar-refractivity contribution in [3.05, 3.63) is 47.4 Å². The number of ether oxygens (including phenoxy) is 1. The summed E-state index contributed by atoms with van der Waals surface area (Å²) in [5.74, 6) is -0.744. The third-order valence-corrected chi connectivity index (χ3v) is 5.87. The molecule has 0 N–H and O–H groups in total. The van der Waals surface area contributed by atoms with Gasteiger partial charge in [-0.3, -0.25) is 4.79 Å². The minimum Gasteiger partial charge on any atom is -0.491 e. The fourth-order valence-electron chi connectivity index (χ4n) is 3.89. The Labute approximate surface area is 188 Å². The first-order chi connectivity index (χ1) is 15.4. The number of nitrogens with zero attached hydrogens (tertiary/aromatic N) is 3. The van der Waals surface area contributed by atoms with E-state index in [2.05, 4.69) is 9.88 Å². The first-order valence-electron chi connectivity index (χ1n) is 11.3. The number of benzene rings is 1. The maximum Gasteiger partial charge on any atom is 0.258 e. The molecule has 1 fully saturated rings. The van der Waals surface area contributed by atoms with Gasteiger partial charge in [-0.15, -0.1) is 0 Å². The van der Waals surface area contributed by atoms with E-state index < -0.39 is 17.9 Å². The number of hydrogen-bond acceptors (Lipinski definition) is 5. The summed E-state index contributed by atoms with van der Waals surface area (Å²) in [6.45, 7) is 5.90. The van der Waals surface area contributed by atoms with Crippen molar-refractivity contribution in [1.29, 1.82) is 0 Å². The molecular weight excluding hydrogens is 416 g/mol. The van der Waals surface area contributed by atoms with Gasteiger partial charge in [0.25, 0.3) is 5.91 Å². The molecule has 8 heteroatoms. The number of aromatic nitrogens is 1. The van der Waals surface area contributed by atoms with Crippen LogP contribution in [0.4, 0.5) is 8.78 Å². The van der Waals surface area contributed by atoms with Crippen LogP contribution in [0, 0.1) is 18.7 Å². The summed E-state index contributed by atoms with van der Waals surface area (Å²) in [6.07, 6.45) is 2.94. The van der Waals surface area contributed by atoms with Gasteiger partial charge in [0.1, 0.15) is 6.26 Å². The molecule has 1 amide bonds. The van der Waals surface area contributed by atoms with Crippen molar-refractivity contribution in [3.8, 4) is 5.75 Å². The van der Waals surface area contributed by atoms with E-state index in [0.29, 0.717) is 36.6 Å². The Morgan fingerprint density at radius 3 is 2.72 bits per heavy atom. The van der Waals surface area contributed by atoms with Crippen LogP contribution >= 0.6 is 0 Å². The van der Waals surface area contributed by atoms with Crippen molar-refractivity contribution in [1.82, 2.24) is 14.8 Å². The van der Waals surface area contributed by atoms with Gasteiger partial charge in [-0.2, -0.15) is 0 Å². The van der Waals surface area contributed by atoms with Crippen LogP contribution in [0.2, 0.25) is 0 Å². The predicted molar refractivity (Wildman–Crippen MR) is 117 cm³/mol. The van der Waals surface area contributed by atoms with Crippen molar-refractivity contribution in [2.24, 2.45) is 5.92 Å². The number of likely N-dealkylation sites (tertiary alicyclic amines) is 1. The molecule has 1 aliphatic heterocycles. The van der Waals surface area contributed by atoms with Crippen molar-refractivity contribution < 1.29 is 22.7 Å². The Morgan fingerprint density at radius 1 is 1.34 bits per heavy atom. The minimum atomic E-state index is -1.60. The summed E-state index contributed by atoms with van der Waals surface area (Å²) in [5.41, 5.74) is 1.10. The van der Waals surface area contributed by atoms with E-state index >= 15 is 4.39 Å². The number of alkyl halides is 1. The van der Waals surface area contributed by atoms with Crippen LogP contribution in [0.1, 0.15) is 49.8 Å². The number of hydrogen-bond donors (Lipinski definition) is 0.